The molecule has 4 nitrogen and oxygen atoms in total. The normalized spacial score (nSPS) is 33.1. The number of nitrogens with one attached hydrogen (secondary N) is 1. The van der Waals surface area contributed by atoms with Gasteiger partial charge in [0.15, 0.2) is 0 Å². The third-order valence-electron chi connectivity index (χ3n) is 4.08. The summed E-state index contributed by atoms with van der Waals surface area (Å²) in [7, 11) is 0. The van der Waals surface area contributed by atoms with E-state index in [0.717, 1.165) is 19.5 Å². The Bertz CT molecular complexity index is 414. The predicted octanol–water partition coefficient (Wildman–Crippen LogP) is -0.262. The van der Waals surface area contributed by atoms with E-state index >= 15 is 0 Å². The van der Waals surface area contributed by atoms with E-state index < -0.39 is 12.2 Å². The van der Waals surface area contributed by atoms with E-state index in [9.17, 15) is 10.2 Å². The fraction of sp³-hybridized carbons (Fsp3) is 0.571. The lowest BCUT2D eigenvalue weighted by molar-refractivity contribution is -0.0515. The van der Waals surface area contributed by atoms with E-state index in [1.807, 2.05) is 0 Å². The number of fused-ring (bicyclic) bond motifs is 1. The van der Waals surface area contributed by atoms with Crippen molar-refractivity contribution in [3.63, 3.8) is 0 Å². The van der Waals surface area contributed by atoms with Crippen molar-refractivity contribution >= 4 is 0 Å². The van der Waals surface area contributed by atoms with Crippen LogP contribution in [0.5, 0.6) is 0 Å². The molecule has 0 spiro atoms. The Kier molecular flexibility index (Phi) is 3.35. The van der Waals surface area contributed by atoms with Crippen molar-refractivity contribution in [3.05, 3.63) is 35.4 Å². The molecule has 18 heavy (non-hydrogen) atoms. The monoisotopic (exact) mass is 248 g/mol. The first-order valence-electron chi connectivity index (χ1n) is 6.63. The molecule has 0 aliphatic carbocycles. The van der Waals surface area contributed by atoms with Crippen molar-refractivity contribution in [2.45, 2.75) is 31.2 Å². The first-order valence-corrected chi connectivity index (χ1v) is 6.63. The maximum absolute atomic E-state index is 10.1. The molecular weight excluding hydrogens is 228 g/mol. The lowest BCUT2D eigenvalue weighted by Gasteiger charge is -2.43. The van der Waals surface area contributed by atoms with Crippen LogP contribution in [0.15, 0.2) is 24.3 Å². The number of nitrogens with zero attached hydrogens (tertiary/aromatic N) is 1. The zero-order valence-corrected chi connectivity index (χ0v) is 10.4. The molecule has 0 saturated carbocycles. The van der Waals surface area contributed by atoms with Gasteiger partial charge in [0, 0.05) is 26.2 Å². The van der Waals surface area contributed by atoms with Gasteiger partial charge in [-0.05, 0) is 17.5 Å². The Labute approximate surface area is 107 Å². The lowest BCUT2D eigenvalue weighted by atomic mass is 9.93. The summed E-state index contributed by atoms with van der Waals surface area (Å²) < 4.78 is 0. The second-order valence-electron chi connectivity index (χ2n) is 5.27. The Morgan fingerprint density at radius 2 is 1.72 bits per heavy atom. The molecule has 0 bridgehead atoms. The molecule has 3 N–H and O–H groups in total. The van der Waals surface area contributed by atoms with E-state index in [1.54, 1.807) is 0 Å². The third kappa shape index (κ3) is 2.17. The van der Waals surface area contributed by atoms with E-state index in [0.29, 0.717) is 13.1 Å². The van der Waals surface area contributed by atoms with Gasteiger partial charge in [0.25, 0.3) is 0 Å². The molecule has 98 valence electrons. The molecule has 0 radical (unpaired) electrons. The number of rotatable bonds is 1. The molecule has 1 aromatic carbocycles. The van der Waals surface area contributed by atoms with E-state index in [4.69, 9.17) is 0 Å². The summed E-state index contributed by atoms with van der Waals surface area (Å²) in [5.74, 6) is 0. The van der Waals surface area contributed by atoms with Crippen molar-refractivity contribution in [1.29, 1.82) is 0 Å². The molecule has 2 aliphatic heterocycles. The highest BCUT2D eigenvalue weighted by Crippen LogP contribution is 2.23. The zero-order valence-electron chi connectivity index (χ0n) is 10.4. The topological polar surface area (TPSA) is 55.7 Å². The number of piperidine rings is 1. The standard InChI is InChI=1S/C14H20N2O2/c17-12-7-15-8-13(18)14(12)16-6-5-10-3-1-2-4-11(10)9-16/h1-4,12-15,17-18H,5-9H2. The van der Waals surface area contributed by atoms with Gasteiger partial charge in [-0.15, -0.1) is 0 Å². The second-order valence-corrected chi connectivity index (χ2v) is 5.27. The van der Waals surface area contributed by atoms with Crippen LogP contribution in [0.1, 0.15) is 11.1 Å². The van der Waals surface area contributed by atoms with Gasteiger partial charge in [0.05, 0.1) is 18.2 Å². The number of aliphatic hydroxyl groups is 2. The van der Waals surface area contributed by atoms with Crippen LogP contribution in [0.2, 0.25) is 0 Å². The molecule has 1 fully saturated rings. The van der Waals surface area contributed by atoms with Crippen LogP contribution in [0.25, 0.3) is 0 Å². The first-order chi connectivity index (χ1) is 8.75. The highest BCUT2D eigenvalue weighted by atomic mass is 16.3. The average molecular weight is 248 g/mol. The van der Waals surface area contributed by atoms with Crippen LogP contribution < -0.4 is 5.32 Å². The molecule has 1 aromatic rings. The van der Waals surface area contributed by atoms with Gasteiger partial charge >= 0.3 is 0 Å². The Morgan fingerprint density at radius 1 is 1.06 bits per heavy atom. The Hall–Kier alpha value is -0.940. The van der Waals surface area contributed by atoms with E-state index in [1.165, 1.54) is 11.1 Å². The molecule has 4 heteroatoms. The van der Waals surface area contributed by atoms with Crippen molar-refractivity contribution in [2.24, 2.45) is 0 Å². The molecule has 2 aliphatic rings. The molecule has 2 atom stereocenters. The molecule has 0 amide bonds. The van der Waals surface area contributed by atoms with Crippen LogP contribution in [-0.4, -0.2) is 53.0 Å². The maximum Gasteiger partial charge on any atom is 0.0845 e. The van der Waals surface area contributed by atoms with Crippen LogP contribution in [0.4, 0.5) is 0 Å². The van der Waals surface area contributed by atoms with Gasteiger partial charge in [0.2, 0.25) is 0 Å². The van der Waals surface area contributed by atoms with Gasteiger partial charge in [0.1, 0.15) is 0 Å². The maximum atomic E-state index is 10.1. The average Bonchev–Trinajstić information content (AvgIpc) is 2.38. The van der Waals surface area contributed by atoms with E-state index in [-0.39, 0.29) is 6.04 Å². The molecule has 3 rings (SSSR count). The largest absolute Gasteiger partial charge is 0.390 e. The quantitative estimate of drug-likeness (QED) is 0.641. The van der Waals surface area contributed by atoms with Crippen LogP contribution in [0.3, 0.4) is 0 Å². The van der Waals surface area contributed by atoms with Crippen molar-refractivity contribution in [3.8, 4) is 0 Å². The van der Waals surface area contributed by atoms with Gasteiger partial charge < -0.3 is 15.5 Å². The fourth-order valence-electron chi connectivity index (χ4n) is 3.14. The number of hydrogen-bond acceptors (Lipinski definition) is 4. The molecule has 1 saturated heterocycles. The smallest absolute Gasteiger partial charge is 0.0845 e. The summed E-state index contributed by atoms with van der Waals surface area (Å²) in [6.45, 7) is 2.88. The fourth-order valence-corrected chi connectivity index (χ4v) is 3.14. The number of benzene rings is 1. The van der Waals surface area contributed by atoms with Crippen LogP contribution in [-0.2, 0) is 13.0 Å². The number of β-amino-alcohol motifs (C(OH)–C–C–N with tert-alkyl or cyclic N) is 2. The van der Waals surface area contributed by atoms with Crippen molar-refractivity contribution in [2.75, 3.05) is 19.6 Å². The van der Waals surface area contributed by atoms with Crippen molar-refractivity contribution in [1.82, 2.24) is 10.2 Å². The summed E-state index contributed by atoms with van der Waals surface area (Å²) in [5, 5.41) is 23.2. The minimum Gasteiger partial charge on any atom is -0.390 e. The molecule has 2 heterocycles. The molecule has 2 unspecified atom stereocenters. The molecule has 0 aromatic heterocycles. The van der Waals surface area contributed by atoms with Gasteiger partial charge in [-0.3, -0.25) is 4.90 Å². The van der Waals surface area contributed by atoms with Crippen molar-refractivity contribution < 1.29 is 10.2 Å². The summed E-state index contributed by atoms with van der Waals surface area (Å²) in [6.07, 6.45) is 0.0255. The van der Waals surface area contributed by atoms with Gasteiger partial charge in [-0.2, -0.15) is 0 Å². The minimum absolute atomic E-state index is 0.139. The van der Waals surface area contributed by atoms with Gasteiger partial charge in [-0.1, -0.05) is 24.3 Å². The SMILES string of the molecule is OC1CNCC(O)C1N1CCc2ccccc2C1. The Balaban J connectivity index is 1.78. The Morgan fingerprint density at radius 3 is 2.44 bits per heavy atom. The molecular formula is C14H20N2O2. The lowest BCUT2D eigenvalue weighted by Crippen LogP contribution is -2.61. The third-order valence-corrected chi connectivity index (χ3v) is 4.08. The highest BCUT2D eigenvalue weighted by molar-refractivity contribution is 5.29. The summed E-state index contributed by atoms with van der Waals surface area (Å²) in [6, 6.07) is 8.29. The summed E-state index contributed by atoms with van der Waals surface area (Å²) in [5.41, 5.74) is 2.72. The summed E-state index contributed by atoms with van der Waals surface area (Å²) in [4.78, 5) is 2.22. The number of hydrogen-bond donors (Lipinski definition) is 3. The second kappa shape index (κ2) is 4.97. The minimum atomic E-state index is -0.487. The van der Waals surface area contributed by atoms with E-state index in [2.05, 4.69) is 34.5 Å². The highest BCUT2D eigenvalue weighted by Gasteiger charge is 2.36. The number of aliphatic hydroxyl groups excluding tert-OH is 2. The first kappa shape index (κ1) is 12.1. The predicted molar refractivity (Wildman–Crippen MR) is 69.2 cm³/mol. The van der Waals surface area contributed by atoms with Crippen LogP contribution >= 0.6 is 0 Å². The zero-order chi connectivity index (χ0) is 12.5. The summed E-state index contributed by atoms with van der Waals surface area (Å²) >= 11 is 0. The van der Waals surface area contributed by atoms with Gasteiger partial charge in [-0.25, -0.2) is 0 Å². The van der Waals surface area contributed by atoms with Crippen LogP contribution in [0, 0.1) is 0 Å².